The minimum atomic E-state index is 0.0490. The van der Waals surface area contributed by atoms with Gasteiger partial charge >= 0.3 is 0 Å². The summed E-state index contributed by atoms with van der Waals surface area (Å²) in [4.78, 5) is 15.9. The number of nitrogens with one attached hydrogen (secondary N) is 1. The smallest absolute Gasteiger partial charge is 0.176 e. The van der Waals surface area contributed by atoms with Gasteiger partial charge < -0.3 is 10.1 Å². The summed E-state index contributed by atoms with van der Waals surface area (Å²) in [6, 6.07) is 11.0. The lowest BCUT2D eigenvalue weighted by Crippen LogP contribution is -2.22. The molecule has 0 fully saturated rings. The fourth-order valence-corrected chi connectivity index (χ4v) is 1.72. The summed E-state index contributed by atoms with van der Waals surface area (Å²) in [5, 5.41) is 3.12. The number of carbonyl (C=O) groups is 1. The Morgan fingerprint density at radius 1 is 1.26 bits per heavy atom. The van der Waals surface area contributed by atoms with Gasteiger partial charge in [0.1, 0.15) is 5.75 Å². The van der Waals surface area contributed by atoms with E-state index in [-0.39, 0.29) is 5.78 Å². The van der Waals surface area contributed by atoms with Crippen LogP contribution < -0.4 is 10.1 Å². The number of nitrogens with zero attached hydrogens (tertiary/aromatic N) is 1. The predicted molar refractivity (Wildman–Crippen MR) is 73.3 cm³/mol. The molecule has 1 aromatic carbocycles. The molecule has 0 amide bonds. The van der Waals surface area contributed by atoms with E-state index in [9.17, 15) is 4.79 Å². The number of pyridine rings is 1. The molecular weight excluding hydrogens is 240 g/mol. The topological polar surface area (TPSA) is 51.2 Å². The van der Waals surface area contributed by atoms with E-state index in [4.69, 9.17) is 4.74 Å². The van der Waals surface area contributed by atoms with Crippen LogP contribution in [0.2, 0.25) is 0 Å². The first-order valence-electron chi connectivity index (χ1n) is 6.06. The fraction of sp³-hybridized carbons (Fsp3) is 0.200. The summed E-state index contributed by atoms with van der Waals surface area (Å²) in [6.45, 7) is 0.952. The van der Waals surface area contributed by atoms with Gasteiger partial charge in [-0.1, -0.05) is 12.1 Å². The van der Waals surface area contributed by atoms with Crippen molar-refractivity contribution in [3.8, 4) is 5.75 Å². The second kappa shape index (κ2) is 6.66. The Labute approximate surface area is 112 Å². The molecule has 0 bridgehead atoms. The van der Waals surface area contributed by atoms with Crippen molar-refractivity contribution in [2.24, 2.45) is 0 Å². The van der Waals surface area contributed by atoms with Gasteiger partial charge in [0.05, 0.1) is 13.7 Å². The van der Waals surface area contributed by atoms with Gasteiger partial charge in [-0.3, -0.25) is 9.78 Å². The van der Waals surface area contributed by atoms with Crippen LogP contribution in [-0.2, 0) is 6.54 Å². The minimum absolute atomic E-state index is 0.0490. The number of ether oxygens (including phenoxy) is 1. The van der Waals surface area contributed by atoms with Gasteiger partial charge in [-0.05, 0) is 29.8 Å². The third-order valence-corrected chi connectivity index (χ3v) is 2.76. The van der Waals surface area contributed by atoms with Gasteiger partial charge in [0.25, 0.3) is 0 Å². The van der Waals surface area contributed by atoms with Crippen molar-refractivity contribution in [3.63, 3.8) is 0 Å². The minimum Gasteiger partial charge on any atom is -0.497 e. The first kappa shape index (κ1) is 13.2. The van der Waals surface area contributed by atoms with Crippen LogP contribution in [0.4, 0.5) is 0 Å². The summed E-state index contributed by atoms with van der Waals surface area (Å²) < 4.78 is 5.10. The Hall–Kier alpha value is -2.20. The van der Waals surface area contributed by atoms with Crippen LogP contribution in [0, 0.1) is 0 Å². The molecule has 2 aromatic rings. The molecule has 4 heteroatoms. The van der Waals surface area contributed by atoms with Crippen LogP contribution >= 0.6 is 0 Å². The molecule has 0 spiro atoms. The van der Waals surface area contributed by atoms with Gasteiger partial charge in [0.2, 0.25) is 0 Å². The van der Waals surface area contributed by atoms with Crippen LogP contribution in [0.15, 0.2) is 48.8 Å². The third-order valence-electron chi connectivity index (χ3n) is 2.76. The molecule has 1 heterocycles. The zero-order valence-corrected chi connectivity index (χ0v) is 10.8. The van der Waals surface area contributed by atoms with E-state index in [2.05, 4.69) is 10.3 Å². The zero-order chi connectivity index (χ0) is 13.5. The molecule has 4 nitrogen and oxygen atoms in total. The normalized spacial score (nSPS) is 10.2. The van der Waals surface area contributed by atoms with Crippen LogP contribution in [0.3, 0.4) is 0 Å². The van der Waals surface area contributed by atoms with Crippen LogP contribution in [0.25, 0.3) is 0 Å². The molecular formula is C15H16N2O2. The maximum Gasteiger partial charge on any atom is 0.176 e. The molecule has 1 aromatic heterocycles. The maximum absolute atomic E-state index is 12.0. The lowest BCUT2D eigenvalue weighted by Gasteiger charge is -2.05. The summed E-state index contributed by atoms with van der Waals surface area (Å²) in [5.74, 6) is 0.743. The first-order chi connectivity index (χ1) is 9.29. The Morgan fingerprint density at radius 2 is 2.05 bits per heavy atom. The molecule has 0 aliphatic heterocycles. The van der Waals surface area contributed by atoms with E-state index in [1.165, 1.54) is 0 Å². The van der Waals surface area contributed by atoms with E-state index in [1.54, 1.807) is 31.6 Å². The highest BCUT2D eigenvalue weighted by Gasteiger charge is 2.06. The number of aromatic nitrogens is 1. The zero-order valence-electron chi connectivity index (χ0n) is 10.8. The standard InChI is InChI=1S/C15H16N2O2/c1-19-14-4-2-3-13(9-14)15(18)11-17-10-12-5-7-16-8-6-12/h2-9,17H,10-11H2,1H3. The van der Waals surface area contributed by atoms with Crippen LogP contribution in [0.5, 0.6) is 5.75 Å². The maximum atomic E-state index is 12.0. The number of methoxy groups -OCH3 is 1. The number of benzene rings is 1. The van der Waals surface area contributed by atoms with Gasteiger partial charge in [-0.25, -0.2) is 0 Å². The predicted octanol–water partition coefficient (Wildman–Crippen LogP) is 2.06. The largest absolute Gasteiger partial charge is 0.497 e. The average molecular weight is 256 g/mol. The molecule has 0 saturated carbocycles. The quantitative estimate of drug-likeness (QED) is 0.804. The Balaban J connectivity index is 1.87. The molecule has 0 saturated heterocycles. The average Bonchev–Trinajstić information content (AvgIpc) is 2.48. The number of hydrogen-bond acceptors (Lipinski definition) is 4. The molecule has 0 radical (unpaired) electrons. The number of ketones is 1. The molecule has 19 heavy (non-hydrogen) atoms. The molecule has 98 valence electrons. The van der Waals surface area contributed by atoms with Crippen LogP contribution in [-0.4, -0.2) is 24.4 Å². The van der Waals surface area contributed by atoms with Crippen molar-refractivity contribution in [1.29, 1.82) is 0 Å². The highest BCUT2D eigenvalue weighted by atomic mass is 16.5. The summed E-state index contributed by atoms with van der Waals surface area (Å²) in [7, 11) is 1.59. The molecule has 0 aliphatic rings. The molecule has 2 rings (SSSR count). The lowest BCUT2D eigenvalue weighted by atomic mass is 10.1. The van der Waals surface area contributed by atoms with Crippen molar-refractivity contribution < 1.29 is 9.53 Å². The Bertz CT molecular complexity index is 541. The van der Waals surface area contributed by atoms with Gasteiger partial charge in [-0.2, -0.15) is 0 Å². The number of carbonyl (C=O) groups excluding carboxylic acids is 1. The summed E-state index contributed by atoms with van der Waals surface area (Å²) in [6.07, 6.45) is 3.47. The Morgan fingerprint density at radius 3 is 2.79 bits per heavy atom. The van der Waals surface area contributed by atoms with E-state index >= 15 is 0 Å². The summed E-state index contributed by atoms with van der Waals surface area (Å²) in [5.41, 5.74) is 1.76. The van der Waals surface area contributed by atoms with E-state index in [0.29, 0.717) is 24.4 Å². The molecule has 0 aliphatic carbocycles. The number of rotatable bonds is 6. The van der Waals surface area contributed by atoms with Crippen molar-refractivity contribution in [1.82, 2.24) is 10.3 Å². The van der Waals surface area contributed by atoms with Gasteiger partial charge in [-0.15, -0.1) is 0 Å². The van der Waals surface area contributed by atoms with Gasteiger partial charge in [0, 0.05) is 24.5 Å². The molecule has 0 unspecified atom stereocenters. The van der Waals surface area contributed by atoms with E-state index in [1.807, 2.05) is 24.3 Å². The fourth-order valence-electron chi connectivity index (χ4n) is 1.72. The van der Waals surface area contributed by atoms with Crippen molar-refractivity contribution in [2.45, 2.75) is 6.54 Å². The highest BCUT2D eigenvalue weighted by Crippen LogP contribution is 2.12. The third kappa shape index (κ3) is 3.89. The molecule has 0 atom stereocenters. The van der Waals surface area contributed by atoms with Crippen LogP contribution in [0.1, 0.15) is 15.9 Å². The second-order valence-corrected chi connectivity index (χ2v) is 4.11. The lowest BCUT2D eigenvalue weighted by molar-refractivity contribution is 0.0990. The number of hydrogen-bond donors (Lipinski definition) is 1. The van der Waals surface area contributed by atoms with Crippen molar-refractivity contribution >= 4 is 5.78 Å². The summed E-state index contributed by atoms with van der Waals surface area (Å²) >= 11 is 0. The highest BCUT2D eigenvalue weighted by molar-refractivity contribution is 5.97. The second-order valence-electron chi connectivity index (χ2n) is 4.11. The van der Waals surface area contributed by atoms with E-state index < -0.39 is 0 Å². The Kier molecular flexibility index (Phi) is 4.64. The van der Waals surface area contributed by atoms with Gasteiger partial charge in [0.15, 0.2) is 5.78 Å². The first-order valence-corrected chi connectivity index (χ1v) is 6.06. The van der Waals surface area contributed by atoms with Crippen molar-refractivity contribution in [2.75, 3.05) is 13.7 Å². The van der Waals surface area contributed by atoms with Crippen molar-refractivity contribution in [3.05, 3.63) is 59.9 Å². The number of Topliss-reactive ketones (excluding diaryl/α,β-unsaturated/α-hetero) is 1. The van der Waals surface area contributed by atoms with E-state index in [0.717, 1.165) is 5.56 Å². The monoisotopic (exact) mass is 256 g/mol. The SMILES string of the molecule is COc1cccc(C(=O)CNCc2ccncc2)c1. The molecule has 1 N–H and O–H groups in total.